The third-order valence-electron chi connectivity index (χ3n) is 3.48. The topological polar surface area (TPSA) is 93.5 Å². The third-order valence-corrected chi connectivity index (χ3v) is 3.48. The number of amides is 2. The van der Waals surface area contributed by atoms with Gasteiger partial charge in [-0.3, -0.25) is 9.59 Å². The Hall–Kier alpha value is -1.92. The number of rotatable bonds is 4. The molecule has 2 rings (SSSR count). The Bertz CT molecular complexity index is 545. The Morgan fingerprint density at radius 2 is 2.10 bits per heavy atom. The van der Waals surface area contributed by atoms with Crippen molar-refractivity contribution in [2.75, 3.05) is 17.2 Å². The van der Waals surface area contributed by atoms with Gasteiger partial charge in [-0.05, 0) is 37.5 Å². The Balaban J connectivity index is 2.02. The molecule has 21 heavy (non-hydrogen) atoms. The first kappa shape index (κ1) is 15.5. The van der Waals surface area contributed by atoms with E-state index in [9.17, 15) is 9.59 Å². The van der Waals surface area contributed by atoms with Crippen molar-refractivity contribution in [2.45, 2.75) is 38.9 Å². The van der Waals surface area contributed by atoms with Gasteiger partial charge >= 0.3 is 0 Å². The quantitative estimate of drug-likeness (QED) is 0.781. The number of nitrogens with one attached hydrogen (secondary N) is 2. The molecule has 1 aliphatic heterocycles. The van der Waals surface area contributed by atoms with Crippen LogP contribution >= 0.6 is 0 Å². The van der Waals surface area contributed by atoms with Crippen molar-refractivity contribution in [2.24, 2.45) is 5.73 Å². The predicted octanol–water partition coefficient (Wildman–Crippen LogP) is 1.40. The molecule has 1 heterocycles. The van der Waals surface area contributed by atoms with Crippen LogP contribution in [0.1, 0.15) is 25.3 Å². The van der Waals surface area contributed by atoms with E-state index in [1.807, 2.05) is 13.0 Å². The number of ether oxygens (including phenoxy) is 1. The number of nitrogens with two attached hydrogens (primary N) is 1. The Morgan fingerprint density at radius 1 is 1.33 bits per heavy atom. The number of anilines is 2. The minimum absolute atomic E-state index is 0.0336. The maximum absolute atomic E-state index is 12.1. The lowest BCUT2D eigenvalue weighted by Crippen LogP contribution is -2.29. The Labute approximate surface area is 124 Å². The number of hydrogen-bond acceptors (Lipinski definition) is 4. The fourth-order valence-corrected chi connectivity index (χ4v) is 2.32. The number of aryl methyl sites for hydroxylation is 1. The van der Waals surface area contributed by atoms with E-state index in [4.69, 9.17) is 10.5 Å². The lowest BCUT2D eigenvalue weighted by atomic mass is 10.1. The average molecular weight is 291 g/mol. The zero-order valence-corrected chi connectivity index (χ0v) is 12.3. The van der Waals surface area contributed by atoms with E-state index in [2.05, 4.69) is 10.6 Å². The molecule has 2 atom stereocenters. The lowest BCUT2D eigenvalue weighted by molar-refractivity contribution is -0.126. The molecule has 0 spiro atoms. The first-order chi connectivity index (χ1) is 9.99. The molecule has 0 aliphatic carbocycles. The molecule has 0 saturated carbocycles. The van der Waals surface area contributed by atoms with E-state index < -0.39 is 6.10 Å². The summed E-state index contributed by atoms with van der Waals surface area (Å²) in [5.74, 6) is -0.324. The molecule has 0 radical (unpaired) electrons. The van der Waals surface area contributed by atoms with Crippen molar-refractivity contribution in [3.05, 3.63) is 23.8 Å². The van der Waals surface area contributed by atoms with E-state index in [0.29, 0.717) is 24.3 Å². The molecule has 0 bridgehead atoms. The fraction of sp³-hybridized carbons (Fsp3) is 0.467. The molecule has 4 N–H and O–H groups in total. The van der Waals surface area contributed by atoms with Crippen LogP contribution in [0.25, 0.3) is 0 Å². The molecule has 6 heteroatoms. The van der Waals surface area contributed by atoms with Crippen LogP contribution in [-0.2, 0) is 14.3 Å². The second-order valence-electron chi connectivity index (χ2n) is 5.26. The summed E-state index contributed by atoms with van der Waals surface area (Å²) in [6.45, 7) is 3.77. The molecular formula is C15H21N3O3. The van der Waals surface area contributed by atoms with Crippen LogP contribution in [-0.4, -0.2) is 30.6 Å². The summed E-state index contributed by atoms with van der Waals surface area (Å²) in [5, 5.41) is 5.55. The molecular weight excluding hydrogens is 270 g/mol. The summed E-state index contributed by atoms with van der Waals surface area (Å²) in [6.07, 6.45) is 0.996. The van der Waals surface area contributed by atoms with Crippen LogP contribution in [0.5, 0.6) is 0 Å². The smallest absolute Gasteiger partial charge is 0.253 e. The van der Waals surface area contributed by atoms with E-state index in [1.165, 1.54) is 6.92 Å². The van der Waals surface area contributed by atoms with E-state index in [-0.39, 0.29) is 17.9 Å². The maximum atomic E-state index is 12.1. The highest BCUT2D eigenvalue weighted by Crippen LogP contribution is 2.23. The van der Waals surface area contributed by atoms with Gasteiger partial charge in [-0.1, -0.05) is 6.07 Å². The standard InChI is InChI=1S/C15H21N3O3/c1-9-3-4-11(7-13(9)17-10(2)19)18-15(20)14-6-5-12(8-16)21-14/h3-4,7,12,14H,5-6,8,16H2,1-2H3,(H,17,19)(H,18,20)/t12-,14+/m1/s1. The molecule has 1 fully saturated rings. The normalized spacial score (nSPS) is 21.1. The SMILES string of the molecule is CC(=O)Nc1cc(NC(=O)[C@@H]2CC[C@H](CN)O2)ccc1C. The molecule has 114 valence electrons. The fourth-order valence-electron chi connectivity index (χ4n) is 2.32. The largest absolute Gasteiger partial charge is 0.364 e. The molecule has 2 amide bonds. The van der Waals surface area contributed by atoms with Crippen molar-refractivity contribution < 1.29 is 14.3 Å². The van der Waals surface area contributed by atoms with Gasteiger partial charge in [-0.25, -0.2) is 0 Å². The van der Waals surface area contributed by atoms with Crippen LogP contribution in [0.4, 0.5) is 11.4 Å². The van der Waals surface area contributed by atoms with Crippen molar-refractivity contribution in [1.82, 2.24) is 0 Å². The Morgan fingerprint density at radius 3 is 2.71 bits per heavy atom. The van der Waals surface area contributed by atoms with E-state index in [0.717, 1.165) is 12.0 Å². The minimum atomic E-state index is -0.455. The molecule has 0 aromatic heterocycles. The van der Waals surface area contributed by atoms with E-state index in [1.54, 1.807) is 12.1 Å². The van der Waals surface area contributed by atoms with Gasteiger partial charge < -0.3 is 21.1 Å². The highest BCUT2D eigenvalue weighted by atomic mass is 16.5. The lowest BCUT2D eigenvalue weighted by Gasteiger charge is -2.14. The second kappa shape index (κ2) is 6.69. The van der Waals surface area contributed by atoms with Gasteiger partial charge in [0.05, 0.1) is 6.10 Å². The minimum Gasteiger partial charge on any atom is -0.364 e. The van der Waals surface area contributed by atoms with Gasteiger partial charge in [-0.15, -0.1) is 0 Å². The van der Waals surface area contributed by atoms with Gasteiger partial charge in [0.25, 0.3) is 5.91 Å². The second-order valence-corrected chi connectivity index (χ2v) is 5.26. The van der Waals surface area contributed by atoms with Crippen molar-refractivity contribution in [1.29, 1.82) is 0 Å². The summed E-state index contributed by atoms with van der Waals surface area (Å²) in [4.78, 5) is 23.3. The highest BCUT2D eigenvalue weighted by molar-refractivity contribution is 5.96. The van der Waals surface area contributed by atoms with Crippen molar-refractivity contribution in [3.8, 4) is 0 Å². The zero-order valence-electron chi connectivity index (χ0n) is 12.3. The Kier molecular flexibility index (Phi) is 4.93. The molecule has 6 nitrogen and oxygen atoms in total. The molecule has 1 aromatic carbocycles. The summed E-state index contributed by atoms with van der Waals surface area (Å²) < 4.78 is 5.56. The summed E-state index contributed by atoms with van der Waals surface area (Å²) in [5.41, 5.74) is 7.79. The van der Waals surface area contributed by atoms with Gasteiger partial charge in [-0.2, -0.15) is 0 Å². The third kappa shape index (κ3) is 4.03. The summed E-state index contributed by atoms with van der Waals surface area (Å²) in [7, 11) is 0. The van der Waals surface area contributed by atoms with Gasteiger partial charge in [0.15, 0.2) is 0 Å². The highest BCUT2D eigenvalue weighted by Gasteiger charge is 2.29. The van der Waals surface area contributed by atoms with Gasteiger partial charge in [0, 0.05) is 24.8 Å². The zero-order chi connectivity index (χ0) is 15.4. The van der Waals surface area contributed by atoms with E-state index >= 15 is 0 Å². The van der Waals surface area contributed by atoms with Crippen LogP contribution < -0.4 is 16.4 Å². The average Bonchev–Trinajstić information content (AvgIpc) is 2.91. The van der Waals surface area contributed by atoms with Crippen LogP contribution in [0.2, 0.25) is 0 Å². The molecule has 1 saturated heterocycles. The van der Waals surface area contributed by atoms with Crippen molar-refractivity contribution in [3.63, 3.8) is 0 Å². The number of carbonyl (C=O) groups is 2. The molecule has 1 aromatic rings. The first-order valence-corrected chi connectivity index (χ1v) is 7.04. The van der Waals surface area contributed by atoms with Gasteiger partial charge in [0.1, 0.15) is 6.10 Å². The number of hydrogen-bond donors (Lipinski definition) is 3. The number of carbonyl (C=O) groups excluding carboxylic acids is 2. The van der Waals surface area contributed by atoms with Crippen molar-refractivity contribution >= 4 is 23.2 Å². The maximum Gasteiger partial charge on any atom is 0.253 e. The van der Waals surface area contributed by atoms with Gasteiger partial charge in [0.2, 0.25) is 5.91 Å². The monoisotopic (exact) mass is 291 g/mol. The molecule has 0 unspecified atom stereocenters. The predicted molar refractivity (Wildman–Crippen MR) is 81.1 cm³/mol. The first-order valence-electron chi connectivity index (χ1n) is 7.04. The number of benzene rings is 1. The van der Waals surface area contributed by atoms with Crippen LogP contribution in [0.15, 0.2) is 18.2 Å². The summed E-state index contributed by atoms with van der Waals surface area (Å²) in [6, 6.07) is 5.39. The molecule has 1 aliphatic rings. The summed E-state index contributed by atoms with van der Waals surface area (Å²) >= 11 is 0. The van der Waals surface area contributed by atoms with Crippen LogP contribution in [0, 0.1) is 6.92 Å². The van der Waals surface area contributed by atoms with Crippen LogP contribution in [0.3, 0.4) is 0 Å².